The van der Waals surface area contributed by atoms with Crippen LogP contribution in [-0.4, -0.2) is 86.9 Å². The molecular formula is C15H27N3O3. The summed E-state index contributed by atoms with van der Waals surface area (Å²) >= 11 is 0. The number of carbonyl (C=O) groups is 1. The van der Waals surface area contributed by atoms with Gasteiger partial charge in [0.2, 0.25) is 5.91 Å². The van der Waals surface area contributed by atoms with E-state index >= 15 is 0 Å². The fourth-order valence-electron chi connectivity index (χ4n) is 3.38. The van der Waals surface area contributed by atoms with Gasteiger partial charge < -0.3 is 19.7 Å². The summed E-state index contributed by atoms with van der Waals surface area (Å²) in [5.74, 6) is 0.299. The predicted octanol–water partition coefficient (Wildman–Crippen LogP) is -0.312. The van der Waals surface area contributed by atoms with Crippen LogP contribution in [0.25, 0.3) is 0 Å². The van der Waals surface area contributed by atoms with Crippen LogP contribution in [0.2, 0.25) is 0 Å². The summed E-state index contributed by atoms with van der Waals surface area (Å²) in [5.41, 5.74) is 0. The third kappa shape index (κ3) is 4.39. The highest BCUT2D eigenvalue weighted by Gasteiger charge is 2.31. The van der Waals surface area contributed by atoms with Crippen molar-refractivity contribution < 1.29 is 14.3 Å². The van der Waals surface area contributed by atoms with Crippen LogP contribution in [0.5, 0.6) is 0 Å². The minimum Gasteiger partial charge on any atom is -0.381 e. The topological polar surface area (TPSA) is 54.0 Å². The monoisotopic (exact) mass is 297 g/mol. The molecule has 0 bridgehead atoms. The molecule has 3 saturated heterocycles. The van der Waals surface area contributed by atoms with Crippen LogP contribution in [0.3, 0.4) is 0 Å². The highest BCUT2D eigenvalue weighted by Crippen LogP contribution is 2.15. The van der Waals surface area contributed by atoms with E-state index in [2.05, 4.69) is 10.2 Å². The summed E-state index contributed by atoms with van der Waals surface area (Å²) in [6.45, 7) is 8.00. The van der Waals surface area contributed by atoms with Crippen molar-refractivity contribution in [3.05, 3.63) is 0 Å². The van der Waals surface area contributed by atoms with E-state index in [1.165, 1.54) is 0 Å². The molecule has 0 radical (unpaired) electrons. The molecule has 6 heteroatoms. The van der Waals surface area contributed by atoms with Gasteiger partial charge in [-0.1, -0.05) is 0 Å². The molecule has 0 spiro atoms. The maximum absolute atomic E-state index is 12.1. The molecule has 1 atom stereocenters. The first-order valence-electron chi connectivity index (χ1n) is 8.23. The quantitative estimate of drug-likeness (QED) is 0.754. The fourth-order valence-corrected chi connectivity index (χ4v) is 3.38. The molecule has 3 rings (SSSR count). The molecule has 0 aromatic carbocycles. The normalized spacial score (nSPS) is 29.2. The van der Waals surface area contributed by atoms with Gasteiger partial charge in [0.15, 0.2) is 0 Å². The molecule has 21 heavy (non-hydrogen) atoms. The Balaban J connectivity index is 1.39. The highest BCUT2D eigenvalue weighted by atomic mass is 16.5. The molecule has 3 aliphatic rings. The van der Waals surface area contributed by atoms with Crippen molar-refractivity contribution in [2.75, 3.05) is 59.2 Å². The second-order valence-electron chi connectivity index (χ2n) is 6.25. The SMILES string of the molecule is O=C1CC(NC2CCOCC2)CN1CCN1CCOCC1. The maximum atomic E-state index is 12.1. The van der Waals surface area contributed by atoms with Crippen molar-refractivity contribution in [2.45, 2.75) is 31.3 Å². The first-order chi connectivity index (χ1) is 10.3. The van der Waals surface area contributed by atoms with E-state index in [4.69, 9.17) is 9.47 Å². The summed E-state index contributed by atoms with van der Waals surface area (Å²) in [6.07, 6.45) is 2.79. The van der Waals surface area contributed by atoms with Gasteiger partial charge in [-0.2, -0.15) is 0 Å². The van der Waals surface area contributed by atoms with Crippen molar-refractivity contribution in [1.82, 2.24) is 15.1 Å². The smallest absolute Gasteiger partial charge is 0.224 e. The summed E-state index contributed by atoms with van der Waals surface area (Å²) in [5, 5.41) is 3.64. The first-order valence-corrected chi connectivity index (χ1v) is 8.23. The average Bonchev–Trinajstić information content (AvgIpc) is 2.87. The van der Waals surface area contributed by atoms with E-state index in [0.29, 0.717) is 24.4 Å². The Morgan fingerprint density at radius 3 is 2.48 bits per heavy atom. The molecule has 3 aliphatic heterocycles. The predicted molar refractivity (Wildman–Crippen MR) is 79.2 cm³/mol. The maximum Gasteiger partial charge on any atom is 0.224 e. The molecule has 3 fully saturated rings. The van der Waals surface area contributed by atoms with Gasteiger partial charge in [0, 0.05) is 64.4 Å². The van der Waals surface area contributed by atoms with Crippen LogP contribution < -0.4 is 5.32 Å². The summed E-state index contributed by atoms with van der Waals surface area (Å²) in [6, 6.07) is 0.848. The lowest BCUT2D eigenvalue weighted by atomic mass is 10.1. The number of hydrogen-bond donors (Lipinski definition) is 1. The number of nitrogens with one attached hydrogen (secondary N) is 1. The van der Waals surface area contributed by atoms with Crippen LogP contribution in [0.4, 0.5) is 0 Å². The van der Waals surface area contributed by atoms with Gasteiger partial charge in [-0.05, 0) is 12.8 Å². The lowest BCUT2D eigenvalue weighted by molar-refractivity contribution is -0.128. The van der Waals surface area contributed by atoms with E-state index in [1.54, 1.807) is 0 Å². The van der Waals surface area contributed by atoms with Gasteiger partial charge in [-0.25, -0.2) is 0 Å². The Labute approximate surface area is 126 Å². The summed E-state index contributed by atoms with van der Waals surface area (Å²) in [4.78, 5) is 16.5. The number of ether oxygens (including phenoxy) is 2. The average molecular weight is 297 g/mol. The molecule has 1 N–H and O–H groups in total. The minimum absolute atomic E-state index is 0.299. The Morgan fingerprint density at radius 1 is 1.00 bits per heavy atom. The van der Waals surface area contributed by atoms with Crippen LogP contribution >= 0.6 is 0 Å². The van der Waals surface area contributed by atoms with Gasteiger partial charge in [-0.3, -0.25) is 9.69 Å². The largest absolute Gasteiger partial charge is 0.381 e. The van der Waals surface area contributed by atoms with Crippen molar-refractivity contribution in [3.8, 4) is 0 Å². The molecule has 0 aliphatic carbocycles. The van der Waals surface area contributed by atoms with Gasteiger partial charge in [0.1, 0.15) is 0 Å². The zero-order valence-corrected chi connectivity index (χ0v) is 12.8. The number of nitrogens with zero attached hydrogens (tertiary/aromatic N) is 2. The lowest BCUT2D eigenvalue weighted by Gasteiger charge is -2.29. The molecule has 0 saturated carbocycles. The van der Waals surface area contributed by atoms with Crippen LogP contribution in [-0.2, 0) is 14.3 Å². The number of carbonyl (C=O) groups excluding carboxylic acids is 1. The molecule has 0 aromatic heterocycles. The van der Waals surface area contributed by atoms with Gasteiger partial charge >= 0.3 is 0 Å². The van der Waals surface area contributed by atoms with Crippen LogP contribution in [0.1, 0.15) is 19.3 Å². The Morgan fingerprint density at radius 2 is 1.71 bits per heavy atom. The zero-order valence-electron chi connectivity index (χ0n) is 12.8. The summed E-state index contributed by atoms with van der Waals surface area (Å²) < 4.78 is 10.7. The molecule has 1 amide bonds. The zero-order chi connectivity index (χ0) is 14.5. The number of morpholine rings is 1. The second kappa shape index (κ2) is 7.54. The van der Waals surface area contributed by atoms with Crippen LogP contribution in [0.15, 0.2) is 0 Å². The molecule has 1 unspecified atom stereocenters. The van der Waals surface area contributed by atoms with E-state index in [-0.39, 0.29) is 0 Å². The number of amides is 1. The molecule has 3 heterocycles. The number of rotatable bonds is 5. The Kier molecular flexibility index (Phi) is 5.46. The van der Waals surface area contributed by atoms with Crippen molar-refractivity contribution in [1.29, 1.82) is 0 Å². The first kappa shape index (κ1) is 15.2. The van der Waals surface area contributed by atoms with Gasteiger partial charge in [0.05, 0.1) is 13.2 Å². The molecule has 6 nitrogen and oxygen atoms in total. The van der Waals surface area contributed by atoms with E-state index in [9.17, 15) is 4.79 Å². The van der Waals surface area contributed by atoms with E-state index in [1.807, 2.05) is 4.90 Å². The molecular weight excluding hydrogens is 270 g/mol. The standard InChI is InChI=1S/C15H27N3O3/c19-15-11-14(16-13-1-7-20-8-2-13)12-18(15)4-3-17-5-9-21-10-6-17/h13-14,16H,1-12H2. The summed E-state index contributed by atoms with van der Waals surface area (Å²) in [7, 11) is 0. The molecule has 120 valence electrons. The lowest BCUT2D eigenvalue weighted by Crippen LogP contribution is -2.44. The second-order valence-corrected chi connectivity index (χ2v) is 6.25. The third-order valence-electron chi connectivity index (χ3n) is 4.70. The number of likely N-dealkylation sites (tertiary alicyclic amines) is 1. The number of hydrogen-bond acceptors (Lipinski definition) is 5. The van der Waals surface area contributed by atoms with Crippen LogP contribution in [0, 0.1) is 0 Å². The van der Waals surface area contributed by atoms with Gasteiger partial charge in [-0.15, -0.1) is 0 Å². The Hall–Kier alpha value is -0.690. The Bertz CT molecular complexity index is 341. The minimum atomic E-state index is 0.299. The fraction of sp³-hybridized carbons (Fsp3) is 0.933. The van der Waals surface area contributed by atoms with Crippen molar-refractivity contribution in [3.63, 3.8) is 0 Å². The van der Waals surface area contributed by atoms with Crippen molar-refractivity contribution >= 4 is 5.91 Å². The third-order valence-corrected chi connectivity index (χ3v) is 4.70. The van der Waals surface area contributed by atoms with Crippen molar-refractivity contribution in [2.24, 2.45) is 0 Å². The van der Waals surface area contributed by atoms with E-state index in [0.717, 1.165) is 72.0 Å². The molecule has 0 aromatic rings. The van der Waals surface area contributed by atoms with E-state index < -0.39 is 0 Å². The van der Waals surface area contributed by atoms with Gasteiger partial charge in [0.25, 0.3) is 0 Å². The highest BCUT2D eigenvalue weighted by molar-refractivity contribution is 5.79.